The van der Waals surface area contributed by atoms with Crippen LogP contribution in [0.5, 0.6) is 0 Å². The summed E-state index contributed by atoms with van der Waals surface area (Å²) in [5.41, 5.74) is 7.96. The van der Waals surface area contributed by atoms with Crippen molar-refractivity contribution >= 4 is 0 Å². The zero-order chi connectivity index (χ0) is 9.14. The largest absolute Gasteiger partial charge is 0.331 e. The van der Waals surface area contributed by atoms with Gasteiger partial charge in [0.2, 0.25) is 0 Å². The lowest BCUT2D eigenvalue weighted by atomic mass is 10.3. The maximum absolute atomic E-state index is 5.50. The van der Waals surface area contributed by atoms with Gasteiger partial charge in [-0.2, -0.15) is 0 Å². The van der Waals surface area contributed by atoms with Gasteiger partial charge in [0, 0.05) is 18.8 Å². The molecular weight excluding hydrogens is 150 g/mol. The van der Waals surface area contributed by atoms with E-state index in [1.165, 1.54) is 11.4 Å². The standard InChI is InChI=1S/C9H17N3/c1-4-9-7(2)12(6-5-10)8(3)11-9/h4-6,10H2,1-3H3. The number of imidazole rings is 1. The van der Waals surface area contributed by atoms with E-state index in [4.69, 9.17) is 5.73 Å². The number of hydrogen-bond donors (Lipinski definition) is 1. The molecule has 3 heteroatoms. The van der Waals surface area contributed by atoms with E-state index in [2.05, 4.69) is 23.4 Å². The normalized spacial score (nSPS) is 10.7. The van der Waals surface area contributed by atoms with Crippen LogP contribution in [0.15, 0.2) is 0 Å². The molecule has 0 fully saturated rings. The van der Waals surface area contributed by atoms with Crippen LogP contribution in [-0.4, -0.2) is 16.1 Å². The van der Waals surface area contributed by atoms with Crippen molar-refractivity contribution < 1.29 is 0 Å². The van der Waals surface area contributed by atoms with E-state index >= 15 is 0 Å². The summed E-state index contributed by atoms with van der Waals surface area (Å²) in [5, 5.41) is 0. The van der Waals surface area contributed by atoms with E-state index in [0.717, 1.165) is 18.8 Å². The Hall–Kier alpha value is -0.830. The van der Waals surface area contributed by atoms with Gasteiger partial charge in [0.1, 0.15) is 5.82 Å². The highest BCUT2D eigenvalue weighted by molar-refractivity contribution is 5.15. The van der Waals surface area contributed by atoms with Gasteiger partial charge < -0.3 is 10.3 Å². The van der Waals surface area contributed by atoms with Gasteiger partial charge in [0.15, 0.2) is 0 Å². The molecule has 0 atom stereocenters. The van der Waals surface area contributed by atoms with Crippen LogP contribution < -0.4 is 5.73 Å². The Labute approximate surface area is 73.6 Å². The Morgan fingerprint density at radius 3 is 2.50 bits per heavy atom. The van der Waals surface area contributed by atoms with Gasteiger partial charge in [-0.25, -0.2) is 4.98 Å². The van der Waals surface area contributed by atoms with Crippen molar-refractivity contribution in [1.82, 2.24) is 9.55 Å². The average Bonchev–Trinajstić information content (AvgIpc) is 2.32. The summed E-state index contributed by atoms with van der Waals surface area (Å²) in [5.74, 6) is 1.08. The van der Waals surface area contributed by atoms with Gasteiger partial charge in [-0.3, -0.25) is 0 Å². The molecule has 0 aliphatic carbocycles. The Morgan fingerprint density at radius 2 is 2.08 bits per heavy atom. The molecule has 0 spiro atoms. The van der Waals surface area contributed by atoms with Gasteiger partial charge in [-0.05, 0) is 20.3 Å². The summed E-state index contributed by atoms with van der Waals surface area (Å²) in [6.45, 7) is 7.82. The second-order valence-electron chi connectivity index (χ2n) is 2.98. The molecule has 0 amide bonds. The van der Waals surface area contributed by atoms with Gasteiger partial charge in [0.25, 0.3) is 0 Å². The van der Waals surface area contributed by atoms with Crippen molar-refractivity contribution in [2.45, 2.75) is 33.7 Å². The van der Waals surface area contributed by atoms with Crippen LogP contribution in [0.3, 0.4) is 0 Å². The topological polar surface area (TPSA) is 43.8 Å². The summed E-state index contributed by atoms with van der Waals surface area (Å²) in [4.78, 5) is 4.45. The molecule has 0 saturated heterocycles. The van der Waals surface area contributed by atoms with Crippen molar-refractivity contribution in [3.8, 4) is 0 Å². The molecule has 0 unspecified atom stereocenters. The number of rotatable bonds is 3. The average molecular weight is 167 g/mol. The highest BCUT2D eigenvalue weighted by atomic mass is 15.1. The van der Waals surface area contributed by atoms with Crippen molar-refractivity contribution in [3.05, 3.63) is 17.2 Å². The molecule has 0 radical (unpaired) electrons. The first-order valence-electron chi connectivity index (χ1n) is 4.43. The molecule has 3 nitrogen and oxygen atoms in total. The third kappa shape index (κ3) is 1.50. The fraction of sp³-hybridized carbons (Fsp3) is 0.667. The zero-order valence-electron chi connectivity index (χ0n) is 8.09. The number of aryl methyl sites for hydroxylation is 2. The molecule has 0 bridgehead atoms. The highest BCUT2D eigenvalue weighted by Gasteiger charge is 2.07. The SMILES string of the molecule is CCc1nc(C)n(CCN)c1C. The van der Waals surface area contributed by atoms with E-state index in [0.29, 0.717) is 6.54 Å². The van der Waals surface area contributed by atoms with Gasteiger partial charge >= 0.3 is 0 Å². The lowest BCUT2D eigenvalue weighted by Crippen LogP contribution is -2.12. The Balaban J connectivity index is 3.01. The first-order valence-corrected chi connectivity index (χ1v) is 4.43. The second kappa shape index (κ2) is 3.72. The van der Waals surface area contributed by atoms with Gasteiger partial charge in [0.05, 0.1) is 5.69 Å². The summed E-state index contributed by atoms with van der Waals surface area (Å²) >= 11 is 0. The summed E-state index contributed by atoms with van der Waals surface area (Å²) in [6.07, 6.45) is 1.00. The minimum Gasteiger partial charge on any atom is -0.331 e. The van der Waals surface area contributed by atoms with Crippen LogP contribution in [0.4, 0.5) is 0 Å². The molecule has 0 saturated carbocycles. The van der Waals surface area contributed by atoms with E-state index < -0.39 is 0 Å². The molecule has 1 heterocycles. The smallest absolute Gasteiger partial charge is 0.106 e. The number of aromatic nitrogens is 2. The number of hydrogen-bond acceptors (Lipinski definition) is 2. The second-order valence-corrected chi connectivity index (χ2v) is 2.98. The zero-order valence-corrected chi connectivity index (χ0v) is 8.09. The van der Waals surface area contributed by atoms with Crippen LogP contribution in [0, 0.1) is 13.8 Å². The van der Waals surface area contributed by atoms with Crippen molar-refractivity contribution in [1.29, 1.82) is 0 Å². The minimum atomic E-state index is 0.682. The third-order valence-electron chi connectivity index (χ3n) is 2.20. The summed E-state index contributed by atoms with van der Waals surface area (Å²) in [7, 11) is 0. The molecule has 12 heavy (non-hydrogen) atoms. The molecular formula is C9H17N3. The summed E-state index contributed by atoms with van der Waals surface area (Å²) in [6, 6.07) is 0. The molecule has 0 aliphatic rings. The van der Waals surface area contributed by atoms with E-state index in [1.807, 2.05) is 6.92 Å². The molecule has 1 rings (SSSR count). The van der Waals surface area contributed by atoms with Crippen LogP contribution in [0.1, 0.15) is 24.1 Å². The summed E-state index contributed by atoms with van der Waals surface area (Å²) < 4.78 is 2.18. The van der Waals surface area contributed by atoms with Crippen molar-refractivity contribution in [2.75, 3.05) is 6.54 Å². The van der Waals surface area contributed by atoms with Crippen molar-refractivity contribution in [2.24, 2.45) is 5.73 Å². The number of nitrogens with two attached hydrogens (primary N) is 1. The van der Waals surface area contributed by atoms with E-state index in [1.54, 1.807) is 0 Å². The van der Waals surface area contributed by atoms with Crippen LogP contribution in [0.2, 0.25) is 0 Å². The number of nitrogens with zero attached hydrogens (tertiary/aromatic N) is 2. The fourth-order valence-electron chi connectivity index (χ4n) is 1.53. The predicted octanol–water partition coefficient (Wildman–Crippen LogP) is 1.02. The lowest BCUT2D eigenvalue weighted by Gasteiger charge is -2.04. The lowest BCUT2D eigenvalue weighted by molar-refractivity contribution is 0.666. The van der Waals surface area contributed by atoms with Crippen LogP contribution >= 0.6 is 0 Å². The maximum atomic E-state index is 5.50. The fourth-order valence-corrected chi connectivity index (χ4v) is 1.53. The first kappa shape index (κ1) is 9.26. The van der Waals surface area contributed by atoms with Gasteiger partial charge in [-0.1, -0.05) is 6.92 Å². The first-order chi connectivity index (χ1) is 5.70. The Bertz CT molecular complexity index is 263. The highest BCUT2D eigenvalue weighted by Crippen LogP contribution is 2.10. The molecule has 1 aromatic heterocycles. The van der Waals surface area contributed by atoms with E-state index in [9.17, 15) is 0 Å². The predicted molar refractivity (Wildman–Crippen MR) is 50.1 cm³/mol. The Kier molecular flexibility index (Phi) is 2.87. The van der Waals surface area contributed by atoms with E-state index in [-0.39, 0.29) is 0 Å². The van der Waals surface area contributed by atoms with Gasteiger partial charge in [-0.15, -0.1) is 0 Å². The van der Waals surface area contributed by atoms with Crippen LogP contribution in [-0.2, 0) is 13.0 Å². The molecule has 0 aliphatic heterocycles. The monoisotopic (exact) mass is 167 g/mol. The maximum Gasteiger partial charge on any atom is 0.106 e. The molecule has 68 valence electrons. The third-order valence-corrected chi connectivity index (χ3v) is 2.20. The van der Waals surface area contributed by atoms with Crippen LogP contribution in [0.25, 0.3) is 0 Å². The molecule has 1 aromatic rings. The van der Waals surface area contributed by atoms with Crippen molar-refractivity contribution in [3.63, 3.8) is 0 Å². The Morgan fingerprint density at radius 1 is 1.42 bits per heavy atom. The minimum absolute atomic E-state index is 0.682. The molecule has 0 aromatic carbocycles. The molecule has 2 N–H and O–H groups in total. The quantitative estimate of drug-likeness (QED) is 0.730.